The Morgan fingerprint density at radius 1 is 0.818 bits per heavy atom. The van der Waals surface area contributed by atoms with Gasteiger partial charge in [0.15, 0.2) is 7.14 Å². The molecule has 1 N–H and O–H groups in total. The molecule has 0 saturated heterocycles. The SMILES string of the molecule is COc1ccc(P(=O)(c2ccc(OC)cc2)C(C)(C)O)cc1. The van der Waals surface area contributed by atoms with E-state index in [-0.39, 0.29) is 0 Å². The van der Waals surface area contributed by atoms with Crippen molar-refractivity contribution in [2.75, 3.05) is 14.2 Å². The van der Waals surface area contributed by atoms with E-state index in [9.17, 15) is 9.67 Å². The predicted octanol–water partition coefficient (Wildman–Crippen LogP) is 2.75. The lowest BCUT2D eigenvalue weighted by Gasteiger charge is -2.31. The highest BCUT2D eigenvalue weighted by Gasteiger charge is 2.41. The second-order valence-electron chi connectivity index (χ2n) is 5.50. The molecule has 2 rings (SSSR count). The van der Waals surface area contributed by atoms with Crippen LogP contribution in [0.2, 0.25) is 0 Å². The van der Waals surface area contributed by atoms with Crippen LogP contribution in [0.1, 0.15) is 13.8 Å². The van der Waals surface area contributed by atoms with Crippen LogP contribution in [0.5, 0.6) is 11.5 Å². The quantitative estimate of drug-likeness (QED) is 0.861. The predicted molar refractivity (Wildman–Crippen MR) is 89.2 cm³/mol. The number of hydrogen-bond donors (Lipinski definition) is 1. The fourth-order valence-corrected chi connectivity index (χ4v) is 5.06. The van der Waals surface area contributed by atoms with Crippen LogP contribution in [0.25, 0.3) is 0 Å². The largest absolute Gasteiger partial charge is 0.497 e. The molecule has 0 aliphatic carbocycles. The third-order valence-electron chi connectivity index (χ3n) is 3.64. The normalized spacial score (nSPS) is 12.0. The molecule has 0 fully saturated rings. The zero-order chi connectivity index (χ0) is 16.4. The highest BCUT2D eigenvalue weighted by Crippen LogP contribution is 2.54. The molecule has 2 aromatic rings. The van der Waals surface area contributed by atoms with Crippen LogP contribution in [0.3, 0.4) is 0 Å². The summed E-state index contributed by atoms with van der Waals surface area (Å²) in [5.74, 6) is 1.36. The molecule has 0 aromatic heterocycles. The Morgan fingerprint density at radius 3 is 1.36 bits per heavy atom. The van der Waals surface area contributed by atoms with Crippen LogP contribution in [0.15, 0.2) is 48.5 Å². The third kappa shape index (κ3) is 2.90. The topological polar surface area (TPSA) is 55.8 Å². The van der Waals surface area contributed by atoms with Gasteiger partial charge in [0.1, 0.15) is 16.8 Å². The van der Waals surface area contributed by atoms with Gasteiger partial charge in [-0.05, 0) is 62.4 Å². The van der Waals surface area contributed by atoms with Crippen molar-refractivity contribution < 1.29 is 19.1 Å². The zero-order valence-electron chi connectivity index (χ0n) is 13.2. The number of methoxy groups -OCH3 is 2. The molecule has 2 aromatic carbocycles. The lowest BCUT2D eigenvalue weighted by molar-refractivity contribution is 0.166. The Balaban J connectivity index is 2.58. The van der Waals surface area contributed by atoms with Crippen molar-refractivity contribution in [1.82, 2.24) is 0 Å². The second-order valence-corrected chi connectivity index (χ2v) is 8.85. The Hall–Kier alpha value is -1.77. The number of ether oxygens (including phenoxy) is 2. The molecule has 0 aliphatic heterocycles. The highest BCUT2D eigenvalue weighted by atomic mass is 31.2. The number of rotatable bonds is 5. The van der Waals surface area contributed by atoms with Gasteiger partial charge in [-0.15, -0.1) is 0 Å². The smallest absolute Gasteiger partial charge is 0.172 e. The minimum absolute atomic E-state index is 0.589. The molecule has 0 aliphatic rings. The monoisotopic (exact) mass is 320 g/mol. The van der Waals surface area contributed by atoms with Gasteiger partial charge in [0, 0.05) is 10.6 Å². The summed E-state index contributed by atoms with van der Waals surface area (Å²) in [6.07, 6.45) is 0. The second kappa shape index (κ2) is 6.15. The maximum atomic E-state index is 13.7. The van der Waals surface area contributed by atoms with E-state index in [1.165, 1.54) is 0 Å². The molecule has 0 spiro atoms. The van der Waals surface area contributed by atoms with E-state index in [1.807, 2.05) is 0 Å². The lowest BCUT2D eigenvalue weighted by Crippen LogP contribution is -2.32. The van der Waals surface area contributed by atoms with Gasteiger partial charge in [0.25, 0.3) is 0 Å². The van der Waals surface area contributed by atoms with Crippen LogP contribution in [0.4, 0.5) is 0 Å². The van der Waals surface area contributed by atoms with Gasteiger partial charge in [-0.2, -0.15) is 0 Å². The van der Waals surface area contributed by atoms with Crippen LogP contribution in [-0.2, 0) is 4.57 Å². The Kier molecular flexibility index (Phi) is 4.64. The van der Waals surface area contributed by atoms with Gasteiger partial charge >= 0.3 is 0 Å². The van der Waals surface area contributed by atoms with Gasteiger partial charge < -0.3 is 19.1 Å². The molecule has 4 nitrogen and oxygen atoms in total. The van der Waals surface area contributed by atoms with Gasteiger partial charge in [-0.25, -0.2) is 0 Å². The molecule has 0 saturated carbocycles. The summed E-state index contributed by atoms with van der Waals surface area (Å²) in [5, 5.41) is 10.4. The fourth-order valence-electron chi connectivity index (χ4n) is 2.37. The van der Waals surface area contributed by atoms with Gasteiger partial charge in [0.05, 0.1) is 14.2 Å². The molecule has 0 heterocycles. The highest BCUT2D eigenvalue weighted by molar-refractivity contribution is 7.79. The minimum Gasteiger partial charge on any atom is -0.497 e. The molecule has 0 bridgehead atoms. The molecule has 22 heavy (non-hydrogen) atoms. The van der Waals surface area contributed by atoms with E-state index in [0.29, 0.717) is 22.1 Å². The molecule has 0 radical (unpaired) electrons. The van der Waals surface area contributed by atoms with E-state index in [0.717, 1.165) is 0 Å². The lowest BCUT2D eigenvalue weighted by atomic mass is 10.3. The van der Waals surface area contributed by atoms with Crippen LogP contribution >= 0.6 is 7.14 Å². The molecular formula is C17H21O4P. The first-order valence-electron chi connectivity index (χ1n) is 6.94. The van der Waals surface area contributed by atoms with E-state index >= 15 is 0 Å². The standard InChI is InChI=1S/C17H21O4P/c1-17(2,18)22(19,15-9-5-13(20-3)6-10-15)16-11-7-14(21-4)8-12-16/h5-12,18H,1-4H3. The van der Waals surface area contributed by atoms with Crippen molar-refractivity contribution in [3.05, 3.63) is 48.5 Å². The summed E-state index contributed by atoms with van der Waals surface area (Å²) >= 11 is 0. The Morgan fingerprint density at radius 2 is 1.14 bits per heavy atom. The van der Waals surface area contributed by atoms with Crippen molar-refractivity contribution >= 4 is 17.8 Å². The van der Waals surface area contributed by atoms with Gasteiger partial charge in [0.2, 0.25) is 0 Å². The Labute approximate surface area is 131 Å². The van der Waals surface area contributed by atoms with Crippen molar-refractivity contribution in [2.45, 2.75) is 19.2 Å². The molecular weight excluding hydrogens is 299 g/mol. The summed E-state index contributed by atoms with van der Waals surface area (Å²) in [6, 6.07) is 13.9. The van der Waals surface area contributed by atoms with Crippen LogP contribution in [0, 0.1) is 0 Å². The summed E-state index contributed by atoms with van der Waals surface area (Å²) in [6.45, 7) is 3.14. The molecule has 0 unspecified atom stereocenters. The third-order valence-corrected chi connectivity index (χ3v) is 7.23. The minimum atomic E-state index is -3.22. The van der Waals surface area contributed by atoms with Crippen molar-refractivity contribution in [3.63, 3.8) is 0 Å². The maximum absolute atomic E-state index is 13.7. The Bertz CT molecular complexity index is 618. The molecule has 5 heteroatoms. The van der Waals surface area contributed by atoms with E-state index < -0.39 is 12.5 Å². The molecule has 0 amide bonds. The summed E-state index contributed by atoms with van der Waals surface area (Å²) < 4.78 is 24.0. The first kappa shape index (κ1) is 16.6. The average Bonchev–Trinajstić information content (AvgIpc) is 2.53. The maximum Gasteiger partial charge on any atom is 0.172 e. The molecule has 0 atom stereocenters. The summed E-state index contributed by atoms with van der Waals surface area (Å²) in [5.41, 5.74) is 0. The van der Waals surface area contributed by atoms with Gasteiger partial charge in [-0.1, -0.05) is 0 Å². The van der Waals surface area contributed by atoms with Crippen molar-refractivity contribution in [3.8, 4) is 11.5 Å². The number of aliphatic hydroxyl groups is 1. The fraction of sp³-hybridized carbons (Fsp3) is 0.294. The summed E-state index contributed by atoms with van der Waals surface area (Å²) in [4.78, 5) is 0. The number of hydrogen-bond acceptors (Lipinski definition) is 4. The number of benzene rings is 2. The van der Waals surface area contributed by atoms with Crippen LogP contribution in [-0.4, -0.2) is 24.7 Å². The van der Waals surface area contributed by atoms with Crippen molar-refractivity contribution in [2.24, 2.45) is 0 Å². The van der Waals surface area contributed by atoms with E-state index in [2.05, 4.69) is 0 Å². The van der Waals surface area contributed by atoms with Crippen LogP contribution < -0.4 is 20.1 Å². The molecule has 118 valence electrons. The average molecular weight is 320 g/mol. The first-order valence-corrected chi connectivity index (χ1v) is 8.65. The zero-order valence-corrected chi connectivity index (χ0v) is 14.1. The van der Waals surface area contributed by atoms with E-state index in [4.69, 9.17) is 9.47 Å². The summed E-state index contributed by atoms with van der Waals surface area (Å²) in [7, 11) is -0.0693. The first-order chi connectivity index (χ1) is 10.3. The van der Waals surface area contributed by atoms with E-state index in [1.54, 1.807) is 76.6 Å². The van der Waals surface area contributed by atoms with Crippen molar-refractivity contribution in [1.29, 1.82) is 0 Å². The van der Waals surface area contributed by atoms with Gasteiger partial charge in [-0.3, -0.25) is 0 Å².